The lowest BCUT2D eigenvalue weighted by molar-refractivity contribution is -0.0535. The van der Waals surface area contributed by atoms with Crippen LogP contribution in [-0.4, -0.2) is 72.9 Å². The highest BCUT2D eigenvalue weighted by Gasteiger charge is 2.30. The zero-order valence-electron chi connectivity index (χ0n) is 14.7. The van der Waals surface area contributed by atoms with Gasteiger partial charge in [-0.3, -0.25) is 9.80 Å². The molecule has 0 aromatic rings. The van der Waals surface area contributed by atoms with Gasteiger partial charge in [0, 0.05) is 43.8 Å². The van der Waals surface area contributed by atoms with Gasteiger partial charge in [0.2, 0.25) is 0 Å². The fraction of sp³-hybridized carbons (Fsp3) is 1.00. The molecule has 2 aliphatic heterocycles. The molecule has 0 aliphatic carbocycles. The van der Waals surface area contributed by atoms with Crippen molar-refractivity contribution in [3.05, 3.63) is 0 Å². The molecule has 0 amide bonds. The standard InChI is InChI=1S/C17H35N3O/c1-14(2)19-9-10-21-16(12-19)13-20-8-6-7-15(20)11-18-17(3,4)5/h14-16,18H,6-13H2,1-5H3. The number of likely N-dealkylation sites (tertiary alicyclic amines) is 1. The van der Waals surface area contributed by atoms with Crippen molar-refractivity contribution in [2.75, 3.05) is 39.3 Å². The Morgan fingerprint density at radius 2 is 2.00 bits per heavy atom. The minimum Gasteiger partial charge on any atom is -0.374 e. The average Bonchev–Trinajstić information content (AvgIpc) is 2.83. The highest BCUT2D eigenvalue weighted by Crippen LogP contribution is 2.20. The number of ether oxygens (including phenoxy) is 1. The fourth-order valence-electron chi connectivity index (χ4n) is 3.37. The van der Waals surface area contributed by atoms with E-state index in [1.54, 1.807) is 0 Å². The molecule has 0 spiro atoms. The molecule has 2 fully saturated rings. The first kappa shape index (κ1) is 17.2. The van der Waals surface area contributed by atoms with Crippen molar-refractivity contribution < 1.29 is 4.74 Å². The van der Waals surface area contributed by atoms with E-state index in [1.807, 2.05) is 0 Å². The average molecular weight is 297 g/mol. The molecule has 124 valence electrons. The van der Waals surface area contributed by atoms with Crippen LogP contribution in [0.2, 0.25) is 0 Å². The van der Waals surface area contributed by atoms with Gasteiger partial charge in [-0.2, -0.15) is 0 Å². The Bertz CT molecular complexity index is 314. The summed E-state index contributed by atoms with van der Waals surface area (Å²) in [6, 6.07) is 1.32. The Hall–Kier alpha value is -0.160. The molecule has 0 aromatic carbocycles. The minimum atomic E-state index is 0.212. The quantitative estimate of drug-likeness (QED) is 0.839. The van der Waals surface area contributed by atoms with Crippen molar-refractivity contribution in [3.8, 4) is 0 Å². The van der Waals surface area contributed by atoms with Crippen LogP contribution in [-0.2, 0) is 4.74 Å². The maximum absolute atomic E-state index is 6.01. The van der Waals surface area contributed by atoms with Gasteiger partial charge >= 0.3 is 0 Å². The van der Waals surface area contributed by atoms with Gasteiger partial charge in [0.25, 0.3) is 0 Å². The third-order valence-electron chi connectivity index (χ3n) is 4.71. The van der Waals surface area contributed by atoms with Crippen LogP contribution >= 0.6 is 0 Å². The first-order valence-corrected chi connectivity index (χ1v) is 8.70. The molecule has 21 heavy (non-hydrogen) atoms. The summed E-state index contributed by atoms with van der Waals surface area (Å²) in [6.07, 6.45) is 3.04. The van der Waals surface area contributed by atoms with Crippen LogP contribution in [0.4, 0.5) is 0 Å². The van der Waals surface area contributed by atoms with Crippen LogP contribution in [0, 0.1) is 0 Å². The molecular weight excluding hydrogens is 262 g/mol. The number of morpholine rings is 1. The number of nitrogens with zero attached hydrogens (tertiary/aromatic N) is 2. The molecule has 2 saturated heterocycles. The maximum atomic E-state index is 6.01. The Morgan fingerprint density at radius 3 is 2.67 bits per heavy atom. The summed E-state index contributed by atoms with van der Waals surface area (Å²) in [5, 5.41) is 3.67. The first-order valence-electron chi connectivity index (χ1n) is 8.70. The molecular formula is C17H35N3O. The van der Waals surface area contributed by atoms with E-state index in [2.05, 4.69) is 49.7 Å². The van der Waals surface area contributed by atoms with E-state index in [9.17, 15) is 0 Å². The van der Waals surface area contributed by atoms with Crippen LogP contribution in [0.1, 0.15) is 47.5 Å². The number of rotatable bonds is 5. The summed E-state index contributed by atoms with van der Waals surface area (Å²) in [5.74, 6) is 0. The third kappa shape index (κ3) is 5.51. The lowest BCUT2D eigenvalue weighted by Gasteiger charge is -2.38. The molecule has 2 heterocycles. The lowest BCUT2D eigenvalue weighted by Crippen LogP contribution is -2.52. The van der Waals surface area contributed by atoms with E-state index < -0.39 is 0 Å². The van der Waals surface area contributed by atoms with Gasteiger partial charge < -0.3 is 10.1 Å². The van der Waals surface area contributed by atoms with Crippen molar-refractivity contribution in [1.29, 1.82) is 0 Å². The third-order valence-corrected chi connectivity index (χ3v) is 4.71. The van der Waals surface area contributed by atoms with Crippen molar-refractivity contribution in [1.82, 2.24) is 15.1 Å². The normalized spacial score (nSPS) is 29.4. The predicted octanol–water partition coefficient (Wildman–Crippen LogP) is 1.95. The second-order valence-electron chi connectivity index (χ2n) is 8.00. The largest absolute Gasteiger partial charge is 0.374 e. The lowest BCUT2D eigenvalue weighted by atomic mass is 10.1. The van der Waals surface area contributed by atoms with Gasteiger partial charge in [-0.25, -0.2) is 0 Å². The molecule has 2 atom stereocenters. The minimum absolute atomic E-state index is 0.212. The molecule has 0 saturated carbocycles. The smallest absolute Gasteiger partial charge is 0.0829 e. The second-order valence-corrected chi connectivity index (χ2v) is 8.00. The molecule has 0 aromatic heterocycles. The molecule has 2 rings (SSSR count). The van der Waals surface area contributed by atoms with E-state index in [-0.39, 0.29) is 5.54 Å². The van der Waals surface area contributed by atoms with Crippen LogP contribution in [0.25, 0.3) is 0 Å². The summed E-state index contributed by atoms with van der Waals surface area (Å²) >= 11 is 0. The Kier molecular flexibility index (Phi) is 6.06. The fourth-order valence-corrected chi connectivity index (χ4v) is 3.37. The van der Waals surface area contributed by atoms with Gasteiger partial charge in [0.05, 0.1) is 12.7 Å². The summed E-state index contributed by atoms with van der Waals surface area (Å²) < 4.78 is 6.01. The SMILES string of the molecule is CC(C)N1CCOC(CN2CCCC2CNC(C)(C)C)C1. The highest BCUT2D eigenvalue weighted by molar-refractivity contribution is 4.87. The van der Waals surface area contributed by atoms with Gasteiger partial charge in [-0.1, -0.05) is 0 Å². The maximum Gasteiger partial charge on any atom is 0.0829 e. The van der Waals surface area contributed by atoms with E-state index in [0.717, 1.165) is 32.8 Å². The van der Waals surface area contributed by atoms with Crippen LogP contribution < -0.4 is 5.32 Å². The van der Waals surface area contributed by atoms with E-state index in [1.165, 1.54) is 19.4 Å². The Labute approximate surface area is 131 Å². The van der Waals surface area contributed by atoms with Crippen molar-refractivity contribution in [2.24, 2.45) is 0 Å². The topological polar surface area (TPSA) is 27.7 Å². The summed E-state index contributed by atoms with van der Waals surface area (Å²) in [7, 11) is 0. The van der Waals surface area contributed by atoms with Crippen LogP contribution in [0.15, 0.2) is 0 Å². The molecule has 0 radical (unpaired) electrons. The zero-order chi connectivity index (χ0) is 15.5. The molecule has 0 bridgehead atoms. The van der Waals surface area contributed by atoms with E-state index in [4.69, 9.17) is 4.74 Å². The van der Waals surface area contributed by atoms with Gasteiger partial charge in [-0.15, -0.1) is 0 Å². The zero-order valence-corrected chi connectivity index (χ0v) is 14.7. The van der Waals surface area contributed by atoms with Gasteiger partial charge in [0.1, 0.15) is 0 Å². The summed E-state index contributed by atoms with van der Waals surface area (Å²) in [6.45, 7) is 17.8. The van der Waals surface area contributed by atoms with Crippen LogP contribution in [0.5, 0.6) is 0 Å². The van der Waals surface area contributed by atoms with Gasteiger partial charge in [-0.05, 0) is 54.0 Å². The van der Waals surface area contributed by atoms with E-state index >= 15 is 0 Å². The number of nitrogens with one attached hydrogen (secondary N) is 1. The summed E-state index contributed by atoms with van der Waals surface area (Å²) in [4.78, 5) is 5.19. The first-order chi connectivity index (χ1) is 9.85. The second kappa shape index (κ2) is 7.40. The monoisotopic (exact) mass is 297 g/mol. The van der Waals surface area contributed by atoms with Crippen molar-refractivity contribution in [2.45, 2.75) is 71.2 Å². The predicted molar refractivity (Wildman–Crippen MR) is 88.8 cm³/mol. The molecule has 2 aliphatic rings. The van der Waals surface area contributed by atoms with Gasteiger partial charge in [0.15, 0.2) is 0 Å². The van der Waals surface area contributed by atoms with Crippen molar-refractivity contribution in [3.63, 3.8) is 0 Å². The highest BCUT2D eigenvalue weighted by atomic mass is 16.5. The number of hydrogen-bond donors (Lipinski definition) is 1. The molecule has 4 heteroatoms. The molecule has 1 N–H and O–H groups in total. The van der Waals surface area contributed by atoms with Crippen molar-refractivity contribution >= 4 is 0 Å². The Morgan fingerprint density at radius 1 is 1.24 bits per heavy atom. The van der Waals surface area contributed by atoms with Crippen LogP contribution in [0.3, 0.4) is 0 Å². The van der Waals surface area contributed by atoms with E-state index in [0.29, 0.717) is 18.2 Å². The number of hydrogen-bond acceptors (Lipinski definition) is 4. The molecule has 2 unspecified atom stereocenters. The Balaban J connectivity index is 1.80. The summed E-state index contributed by atoms with van der Waals surface area (Å²) in [5.41, 5.74) is 0.212. The molecule has 4 nitrogen and oxygen atoms in total.